The Balaban J connectivity index is 1.58. The van der Waals surface area contributed by atoms with Crippen LogP contribution in [0.5, 0.6) is 11.5 Å². The Kier molecular flexibility index (Phi) is 10.5. The predicted molar refractivity (Wildman–Crippen MR) is 177 cm³/mol. The molecule has 0 radical (unpaired) electrons. The first-order valence-corrected chi connectivity index (χ1v) is 16.8. The van der Waals surface area contributed by atoms with Gasteiger partial charge in [-0.15, -0.1) is 0 Å². The van der Waals surface area contributed by atoms with Crippen LogP contribution >= 0.6 is 0 Å². The van der Waals surface area contributed by atoms with Gasteiger partial charge >= 0.3 is 0 Å². The molecule has 0 bridgehead atoms. The number of carbonyl (C=O) groups is 2. The molecule has 9 nitrogen and oxygen atoms in total. The molecule has 0 saturated carbocycles. The number of anilines is 1. The molecule has 4 aromatic carbocycles. The highest BCUT2D eigenvalue weighted by Gasteiger charge is 2.35. The maximum atomic E-state index is 14.6. The molecule has 1 aliphatic rings. The number of fused-ring (bicyclic) bond motifs is 1. The van der Waals surface area contributed by atoms with Crippen molar-refractivity contribution in [1.29, 1.82) is 0 Å². The van der Waals surface area contributed by atoms with Crippen LogP contribution in [0.15, 0.2) is 102 Å². The molecule has 1 heterocycles. The van der Waals surface area contributed by atoms with E-state index in [1.165, 1.54) is 35.2 Å². The van der Waals surface area contributed by atoms with E-state index in [4.69, 9.17) is 9.47 Å². The number of rotatable bonds is 12. The number of hydrogen-bond acceptors (Lipinski definition) is 6. The summed E-state index contributed by atoms with van der Waals surface area (Å²) in [4.78, 5) is 29.7. The largest absolute Gasteiger partial charge is 0.486 e. The number of sulfonamides is 1. The minimum Gasteiger partial charge on any atom is -0.486 e. The quantitative estimate of drug-likeness (QED) is 0.222. The molecule has 0 spiro atoms. The van der Waals surface area contributed by atoms with E-state index in [-0.39, 0.29) is 47.9 Å². The third kappa shape index (κ3) is 8.10. The molecule has 0 fully saturated rings. The van der Waals surface area contributed by atoms with Crippen molar-refractivity contribution >= 4 is 27.5 Å². The molecule has 11 heteroatoms. The van der Waals surface area contributed by atoms with E-state index in [2.05, 4.69) is 5.32 Å². The van der Waals surface area contributed by atoms with Gasteiger partial charge in [-0.05, 0) is 73.9 Å². The van der Waals surface area contributed by atoms with Gasteiger partial charge in [0.25, 0.3) is 10.0 Å². The topological polar surface area (TPSA) is 105 Å². The van der Waals surface area contributed by atoms with Crippen LogP contribution in [-0.4, -0.2) is 57.0 Å². The molecular formula is C36H38FN3O6S. The molecule has 1 N–H and O–H groups in total. The zero-order chi connectivity index (χ0) is 33.6. The summed E-state index contributed by atoms with van der Waals surface area (Å²) in [5.74, 6) is -0.875. The zero-order valence-electron chi connectivity index (χ0n) is 26.6. The summed E-state index contributed by atoms with van der Waals surface area (Å²) in [7, 11) is -4.41. The van der Waals surface area contributed by atoms with Crippen LogP contribution in [-0.2, 0) is 32.6 Å². The zero-order valence-corrected chi connectivity index (χ0v) is 27.4. The number of nitrogens with one attached hydrogen (secondary N) is 1. The second-order valence-corrected chi connectivity index (χ2v) is 13.5. The molecule has 1 aliphatic heterocycles. The number of nitrogens with zero attached hydrogens (tertiary/aromatic N) is 2. The smallest absolute Gasteiger partial charge is 0.264 e. The lowest BCUT2D eigenvalue weighted by Gasteiger charge is -2.34. The fourth-order valence-corrected chi connectivity index (χ4v) is 6.78. The van der Waals surface area contributed by atoms with Crippen LogP contribution in [0.3, 0.4) is 0 Å². The molecule has 2 amide bonds. The number of carbonyl (C=O) groups excluding carboxylic acids is 2. The molecule has 0 unspecified atom stereocenters. The molecule has 1 atom stereocenters. The summed E-state index contributed by atoms with van der Waals surface area (Å²) < 4.78 is 54.7. The van der Waals surface area contributed by atoms with Gasteiger partial charge in [0.1, 0.15) is 31.6 Å². The van der Waals surface area contributed by atoms with Crippen LogP contribution in [0.2, 0.25) is 0 Å². The Bertz CT molecular complexity index is 1820. The lowest BCUT2D eigenvalue weighted by Crippen LogP contribution is -2.54. The van der Waals surface area contributed by atoms with Crippen molar-refractivity contribution in [3.63, 3.8) is 0 Å². The minimum absolute atomic E-state index is 0.0514. The van der Waals surface area contributed by atoms with Gasteiger partial charge in [0, 0.05) is 25.1 Å². The van der Waals surface area contributed by atoms with Crippen LogP contribution < -0.4 is 19.1 Å². The first kappa shape index (κ1) is 33.5. The van der Waals surface area contributed by atoms with Crippen molar-refractivity contribution in [3.8, 4) is 11.5 Å². The van der Waals surface area contributed by atoms with Crippen molar-refractivity contribution < 1.29 is 31.9 Å². The lowest BCUT2D eigenvalue weighted by atomic mass is 10.0. The number of aryl methyl sites for hydroxylation is 1. The van der Waals surface area contributed by atoms with E-state index < -0.39 is 34.3 Å². The maximum Gasteiger partial charge on any atom is 0.264 e. The van der Waals surface area contributed by atoms with Crippen molar-refractivity contribution in [3.05, 3.63) is 120 Å². The van der Waals surface area contributed by atoms with E-state index in [9.17, 15) is 22.4 Å². The molecule has 47 heavy (non-hydrogen) atoms. The molecule has 246 valence electrons. The highest BCUT2D eigenvalue weighted by atomic mass is 32.2. The summed E-state index contributed by atoms with van der Waals surface area (Å²) in [6.07, 6.45) is 0.197. The van der Waals surface area contributed by atoms with E-state index in [0.717, 1.165) is 33.1 Å². The Morgan fingerprint density at radius 3 is 2.21 bits per heavy atom. The van der Waals surface area contributed by atoms with E-state index in [0.29, 0.717) is 12.4 Å². The summed E-state index contributed by atoms with van der Waals surface area (Å²) in [5.41, 5.74) is 2.63. The Labute approximate surface area is 275 Å². The molecule has 4 aromatic rings. The average molecular weight is 660 g/mol. The van der Waals surface area contributed by atoms with Crippen LogP contribution in [0.4, 0.5) is 10.1 Å². The number of amides is 2. The average Bonchev–Trinajstić information content (AvgIpc) is 3.06. The van der Waals surface area contributed by atoms with E-state index in [1.807, 2.05) is 75.4 Å². The van der Waals surface area contributed by atoms with Gasteiger partial charge in [0.2, 0.25) is 11.8 Å². The SMILES string of the molecule is Cc1ccccc1CN(C(=O)CN(c1ccc(F)cc1)S(=O)(=O)c1ccc2c(c1)OCCO2)[C@@H](Cc1ccccc1)C(=O)NC(C)C. The molecule has 5 rings (SSSR count). The van der Waals surface area contributed by atoms with Crippen molar-refractivity contribution in [2.75, 3.05) is 24.1 Å². The third-order valence-electron chi connectivity index (χ3n) is 7.80. The Hall–Kier alpha value is -4.90. The molecule has 0 saturated heterocycles. The summed E-state index contributed by atoms with van der Waals surface area (Å²) in [5, 5.41) is 2.94. The van der Waals surface area contributed by atoms with Crippen LogP contribution in [0, 0.1) is 12.7 Å². The lowest BCUT2D eigenvalue weighted by molar-refractivity contribution is -0.140. The summed E-state index contributed by atoms with van der Waals surface area (Å²) >= 11 is 0. The Morgan fingerprint density at radius 2 is 1.53 bits per heavy atom. The molecular weight excluding hydrogens is 621 g/mol. The summed E-state index contributed by atoms with van der Waals surface area (Å²) in [6.45, 7) is 5.56. The normalized spacial score (nSPS) is 13.1. The second kappa shape index (κ2) is 14.7. The Morgan fingerprint density at radius 1 is 0.872 bits per heavy atom. The highest BCUT2D eigenvalue weighted by Crippen LogP contribution is 2.34. The van der Waals surface area contributed by atoms with E-state index in [1.54, 1.807) is 0 Å². The first-order valence-electron chi connectivity index (χ1n) is 15.4. The number of benzene rings is 4. The number of halogens is 1. The number of ether oxygens (including phenoxy) is 2. The van der Waals surface area contributed by atoms with Crippen LogP contribution in [0.25, 0.3) is 0 Å². The monoisotopic (exact) mass is 659 g/mol. The minimum atomic E-state index is -4.41. The molecule has 0 aromatic heterocycles. The van der Waals surface area contributed by atoms with Crippen molar-refractivity contribution in [2.45, 2.75) is 50.7 Å². The maximum absolute atomic E-state index is 14.6. The van der Waals surface area contributed by atoms with E-state index >= 15 is 0 Å². The summed E-state index contributed by atoms with van der Waals surface area (Å²) in [6, 6.07) is 24.8. The first-order chi connectivity index (χ1) is 22.5. The molecule has 0 aliphatic carbocycles. The van der Waals surface area contributed by atoms with Crippen LogP contribution in [0.1, 0.15) is 30.5 Å². The van der Waals surface area contributed by atoms with Gasteiger partial charge in [0.05, 0.1) is 10.6 Å². The number of hydrogen-bond donors (Lipinski definition) is 1. The van der Waals surface area contributed by atoms with Crippen molar-refractivity contribution in [2.24, 2.45) is 0 Å². The standard InChI is InChI=1S/C36H38FN3O6S/c1-25(2)38-36(42)32(21-27-10-5-4-6-11-27)39(23-28-12-8-7-9-26(28)3)35(41)24-40(30-15-13-29(37)14-16-30)47(43,44)31-17-18-33-34(22-31)46-20-19-45-33/h4-18,22,25,32H,19-21,23-24H2,1-3H3,(H,38,42)/t32-/m0/s1. The van der Waals surface area contributed by atoms with Gasteiger partial charge in [-0.1, -0.05) is 54.6 Å². The van der Waals surface area contributed by atoms with Gasteiger partial charge in [-0.2, -0.15) is 0 Å². The fraction of sp³-hybridized carbons (Fsp3) is 0.278. The second-order valence-electron chi connectivity index (χ2n) is 11.6. The van der Waals surface area contributed by atoms with Gasteiger partial charge < -0.3 is 19.7 Å². The van der Waals surface area contributed by atoms with Gasteiger partial charge in [-0.3, -0.25) is 13.9 Å². The van der Waals surface area contributed by atoms with Gasteiger partial charge in [0.15, 0.2) is 11.5 Å². The van der Waals surface area contributed by atoms with Gasteiger partial charge in [-0.25, -0.2) is 12.8 Å². The highest BCUT2D eigenvalue weighted by molar-refractivity contribution is 7.92. The fourth-order valence-electron chi connectivity index (χ4n) is 5.35. The predicted octanol–water partition coefficient (Wildman–Crippen LogP) is 5.27. The van der Waals surface area contributed by atoms with Crippen molar-refractivity contribution in [1.82, 2.24) is 10.2 Å². The third-order valence-corrected chi connectivity index (χ3v) is 9.57.